The number of carbonyl (C=O) groups excluding carboxylic acids is 1. The van der Waals surface area contributed by atoms with Crippen molar-refractivity contribution in [1.82, 2.24) is 0 Å². The molecule has 0 radical (unpaired) electrons. The lowest BCUT2D eigenvalue weighted by molar-refractivity contribution is 0.112. The molecule has 0 bridgehead atoms. The normalized spacial score (nSPS) is 12.5. The molecule has 1 aliphatic rings. The molecule has 0 fully saturated rings. The smallest absolute Gasteiger partial charge is 0.150 e. The number of fused-ring (bicyclic) bond motifs is 4. The molecule has 3 nitrogen and oxygen atoms in total. The van der Waals surface area contributed by atoms with Crippen LogP contribution in [0.25, 0.3) is 38.4 Å². The van der Waals surface area contributed by atoms with Crippen molar-refractivity contribution in [2.24, 2.45) is 0 Å². The van der Waals surface area contributed by atoms with Crippen LogP contribution in [0.3, 0.4) is 0 Å². The van der Waals surface area contributed by atoms with Gasteiger partial charge in [0.1, 0.15) is 31.0 Å². The Hall–Kier alpha value is -4.89. The fourth-order valence-electron chi connectivity index (χ4n) is 5.92. The van der Waals surface area contributed by atoms with Crippen LogP contribution >= 0.6 is 0 Å². The van der Waals surface area contributed by atoms with E-state index in [1.54, 1.807) is 12.1 Å². The first-order chi connectivity index (χ1) is 19.8. The maximum atomic E-state index is 11.9. The fraction of sp³-hybridized carbons (Fsp3) is 0.108. The number of aryl methyl sites for hydroxylation is 1. The van der Waals surface area contributed by atoms with E-state index in [-0.39, 0.29) is 0 Å². The highest BCUT2D eigenvalue weighted by atomic mass is 16.5. The largest absolute Gasteiger partial charge is 0.489 e. The van der Waals surface area contributed by atoms with Crippen LogP contribution in [0.2, 0.25) is 0 Å². The predicted octanol–water partition coefficient (Wildman–Crippen LogP) is 9.08. The third-order valence-corrected chi connectivity index (χ3v) is 7.84. The van der Waals surface area contributed by atoms with Gasteiger partial charge >= 0.3 is 0 Å². The average molecular weight is 521 g/mol. The van der Waals surface area contributed by atoms with Crippen LogP contribution in [0.4, 0.5) is 0 Å². The second-order valence-corrected chi connectivity index (χ2v) is 10.3. The maximum Gasteiger partial charge on any atom is 0.150 e. The second-order valence-electron chi connectivity index (χ2n) is 10.3. The molecule has 6 aromatic carbocycles. The van der Waals surface area contributed by atoms with Crippen LogP contribution in [0.15, 0.2) is 109 Å². The van der Waals surface area contributed by atoms with Crippen LogP contribution in [-0.4, -0.2) is 6.29 Å². The summed E-state index contributed by atoms with van der Waals surface area (Å²) in [5.74, 6) is 1.22. The summed E-state index contributed by atoms with van der Waals surface area (Å²) >= 11 is 0. The lowest BCUT2D eigenvalue weighted by Crippen LogP contribution is -2.05. The molecule has 0 amide bonds. The lowest BCUT2D eigenvalue weighted by Gasteiger charge is -2.19. The number of aldehydes is 1. The average Bonchev–Trinajstić information content (AvgIpc) is 3.01. The van der Waals surface area contributed by atoms with Crippen molar-refractivity contribution >= 4 is 44.7 Å². The molecule has 0 aliphatic heterocycles. The monoisotopic (exact) mass is 520 g/mol. The van der Waals surface area contributed by atoms with Gasteiger partial charge in [0.15, 0.2) is 0 Å². The zero-order valence-electron chi connectivity index (χ0n) is 22.1. The summed E-state index contributed by atoms with van der Waals surface area (Å²) in [7, 11) is 0. The van der Waals surface area contributed by atoms with E-state index in [0.717, 1.165) is 35.5 Å². The summed E-state index contributed by atoms with van der Waals surface area (Å²) in [5.41, 5.74) is 5.42. The van der Waals surface area contributed by atoms with Crippen LogP contribution < -0.4 is 9.47 Å². The topological polar surface area (TPSA) is 35.5 Å². The Kier molecular flexibility index (Phi) is 6.25. The number of rotatable bonds is 7. The van der Waals surface area contributed by atoms with E-state index in [2.05, 4.69) is 97.1 Å². The number of benzene rings is 6. The van der Waals surface area contributed by atoms with Crippen LogP contribution in [0.5, 0.6) is 11.5 Å². The number of ether oxygens (including phenoxy) is 2. The summed E-state index contributed by atoms with van der Waals surface area (Å²) in [6.07, 6.45) is 7.38. The van der Waals surface area contributed by atoms with Gasteiger partial charge < -0.3 is 9.47 Å². The number of hydrogen-bond donors (Lipinski definition) is 0. The standard InChI is InChI=1S/C37H28O3/c38-22-25-17-30(39-23-36-32-13-5-1-9-26(32)19-27-10-2-6-14-33(27)36)21-31(18-25)40-24-37-34-15-7-3-11-28(34)20-29-12-4-8-16-35(29)37/h1-3,5-11,13-22H,4,12,23-24H2. The molecule has 0 N–H and O–H groups in total. The molecular weight excluding hydrogens is 492 g/mol. The van der Waals surface area contributed by atoms with Crippen molar-refractivity contribution in [3.8, 4) is 11.5 Å². The highest BCUT2D eigenvalue weighted by Crippen LogP contribution is 2.33. The van der Waals surface area contributed by atoms with E-state index in [9.17, 15) is 4.79 Å². The first-order valence-electron chi connectivity index (χ1n) is 13.7. The minimum atomic E-state index is 0.380. The molecular formula is C37H28O3. The van der Waals surface area contributed by atoms with E-state index in [0.29, 0.717) is 30.3 Å². The summed E-state index contributed by atoms with van der Waals surface area (Å²) in [5, 5.41) is 7.11. The van der Waals surface area contributed by atoms with Crippen molar-refractivity contribution in [3.63, 3.8) is 0 Å². The molecule has 0 spiro atoms. The molecule has 0 atom stereocenters. The van der Waals surface area contributed by atoms with Crippen LogP contribution in [-0.2, 0) is 19.6 Å². The molecule has 0 saturated heterocycles. The van der Waals surface area contributed by atoms with E-state index in [4.69, 9.17) is 9.47 Å². The minimum Gasteiger partial charge on any atom is -0.489 e. The summed E-state index contributed by atoms with van der Waals surface area (Å²) in [6.45, 7) is 0.787. The van der Waals surface area contributed by atoms with Gasteiger partial charge in [0, 0.05) is 22.8 Å². The third kappa shape index (κ3) is 4.50. The van der Waals surface area contributed by atoms with Gasteiger partial charge in [0.25, 0.3) is 0 Å². The van der Waals surface area contributed by atoms with E-state index >= 15 is 0 Å². The molecule has 7 rings (SSSR count). The van der Waals surface area contributed by atoms with Gasteiger partial charge in [-0.25, -0.2) is 0 Å². The minimum absolute atomic E-state index is 0.380. The number of hydrogen-bond acceptors (Lipinski definition) is 3. The fourth-order valence-corrected chi connectivity index (χ4v) is 5.92. The summed E-state index contributed by atoms with van der Waals surface area (Å²) < 4.78 is 12.7. The molecule has 0 saturated carbocycles. The Bertz CT molecular complexity index is 1880. The van der Waals surface area contributed by atoms with Crippen molar-refractivity contribution < 1.29 is 14.3 Å². The van der Waals surface area contributed by atoms with Crippen molar-refractivity contribution in [2.45, 2.75) is 26.1 Å². The first-order valence-corrected chi connectivity index (χ1v) is 13.7. The Balaban J connectivity index is 1.20. The molecule has 0 heterocycles. The van der Waals surface area contributed by atoms with Gasteiger partial charge in [-0.3, -0.25) is 4.79 Å². The molecule has 3 heteroatoms. The van der Waals surface area contributed by atoms with Gasteiger partial charge in [0.2, 0.25) is 0 Å². The maximum absolute atomic E-state index is 11.9. The molecule has 0 unspecified atom stereocenters. The van der Waals surface area contributed by atoms with Crippen molar-refractivity contribution in [3.05, 3.63) is 137 Å². The SMILES string of the molecule is O=Cc1cc(OCc2c3c(cc4ccccc24)CCC=C3)cc(OCc2c3ccccc3cc3ccccc23)c1. The summed E-state index contributed by atoms with van der Waals surface area (Å²) in [6, 6.07) is 35.2. The lowest BCUT2D eigenvalue weighted by atomic mass is 9.89. The van der Waals surface area contributed by atoms with Gasteiger partial charge in [-0.15, -0.1) is 0 Å². The van der Waals surface area contributed by atoms with Crippen molar-refractivity contribution in [2.75, 3.05) is 0 Å². The Labute approximate surface area is 233 Å². The summed E-state index contributed by atoms with van der Waals surface area (Å²) in [4.78, 5) is 11.9. The quantitative estimate of drug-likeness (QED) is 0.156. The van der Waals surface area contributed by atoms with Crippen LogP contribution in [0, 0.1) is 0 Å². The van der Waals surface area contributed by atoms with E-state index in [1.165, 1.54) is 38.2 Å². The Morgan fingerprint density at radius 1 is 0.625 bits per heavy atom. The molecule has 0 aromatic heterocycles. The molecule has 194 valence electrons. The number of carbonyl (C=O) groups is 1. The van der Waals surface area contributed by atoms with Crippen LogP contribution in [0.1, 0.15) is 39.0 Å². The molecule has 6 aromatic rings. The highest BCUT2D eigenvalue weighted by Gasteiger charge is 2.15. The van der Waals surface area contributed by atoms with Crippen molar-refractivity contribution in [1.29, 1.82) is 0 Å². The van der Waals surface area contributed by atoms with Gasteiger partial charge in [-0.2, -0.15) is 0 Å². The second kappa shape index (κ2) is 10.3. The van der Waals surface area contributed by atoms with E-state index in [1.807, 2.05) is 6.07 Å². The zero-order valence-corrected chi connectivity index (χ0v) is 22.1. The Morgan fingerprint density at radius 2 is 1.18 bits per heavy atom. The van der Waals surface area contributed by atoms with Gasteiger partial charge in [-0.1, -0.05) is 91.0 Å². The number of allylic oxidation sites excluding steroid dienone is 1. The predicted molar refractivity (Wildman–Crippen MR) is 163 cm³/mol. The molecule has 1 aliphatic carbocycles. The molecule has 40 heavy (non-hydrogen) atoms. The third-order valence-electron chi connectivity index (χ3n) is 7.84. The first kappa shape index (κ1) is 24.2. The van der Waals surface area contributed by atoms with E-state index < -0.39 is 0 Å². The van der Waals surface area contributed by atoms with Gasteiger partial charge in [0.05, 0.1) is 0 Å². The van der Waals surface area contributed by atoms with Gasteiger partial charge in [-0.05, 0) is 74.5 Å². The zero-order chi connectivity index (χ0) is 26.9. The highest BCUT2D eigenvalue weighted by molar-refractivity contribution is 6.02. The Morgan fingerprint density at radius 3 is 1.80 bits per heavy atom.